The normalized spacial score (nSPS) is 14.9. The van der Waals surface area contributed by atoms with Crippen molar-refractivity contribution in [2.75, 3.05) is 39.6 Å². The maximum absolute atomic E-state index is 12.9. The van der Waals surface area contributed by atoms with Gasteiger partial charge in [0.15, 0.2) is 6.10 Å². The van der Waals surface area contributed by atoms with Crippen LogP contribution in [0, 0.1) is 0 Å². The van der Waals surface area contributed by atoms with Gasteiger partial charge in [-0.3, -0.25) is 32.5 Å². The van der Waals surface area contributed by atoms with E-state index in [1.54, 1.807) is 0 Å². The van der Waals surface area contributed by atoms with Gasteiger partial charge in [-0.1, -0.05) is 258 Å². The number of ether oxygens (including phenoxy) is 3. The molecule has 0 aromatic rings. The number of hydrogen-bond donors (Lipinski definition) is 4. The van der Waals surface area contributed by atoms with E-state index < -0.39 is 91.5 Å². The molecule has 522 valence electrons. The van der Waals surface area contributed by atoms with Crippen LogP contribution in [0.4, 0.5) is 0 Å². The van der Waals surface area contributed by atoms with Crippen molar-refractivity contribution < 1.29 is 75.8 Å². The van der Waals surface area contributed by atoms with Crippen molar-refractivity contribution in [2.45, 2.75) is 283 Å². The minimum atomic E-state index is -4.93. The summed E-state index contributed by atoms with van der Waals surface area (Å²) in [6, 6.07) is 0. The lowest BCUT2D eigenvalue weighted by Crippen LogP contribution is -2.30. The lowest BCUT2D eigenvalue weighted by atomic mass is 10.0. The molecule has 0 amide bonds. The van der Waals surface area contributed by atoms with Crippen LogP contribution in [0.25, 0.3) is 0 Å². The molecule has 0 spiro atoms. The van der Waals surface area contributed by atoms with Crippen LogP contribution < -0.4 is 0 Å². The Morgan fingerprint density at radius 2 is 0.582 bits per heavy atom. The van der Waals surface area contributed by atoms with Gasteiger partial charge in [-0.15, -0.1) is 0 Å². The highest BCUT2D eigenvalue weighted by Crippen LogP contribution is 2.45. The first-order chi connectivity index (χ1) is 44.2. The Morgan fingerprint density at radius 3 is 0.923 bits per heavy atom. The molecule has 91 heavy (non-hydrogen) atoms. The van der Waals surface area contributed by atoms with Crippen molar-refractivity contribution in [3.63, 3.8) is 0 Å². The number of aliphatic hydroxyl groups excluding tert-OH is 2. The fourth-order valence-corrected chi connectivity index (χ4v) is 10.5. The van der Waals surface area contributed by atoms with Gasteiger partial charge in [0.2, 0.25) is 0 Å². The molecule has 0 saturated heterocycles. The summed E-state index contributed by atoms with van der Waals surface area (Å²) in [5, 5.41) is 20.6. The molecule has 0 aliphatic carbocycles. The summed E-state index contributed by atoms with van der Waals surface area (Å²) in [4.78, 5) is 58.4. The average Bonchev–Trinajstić information content (AvgIpc) is 3.63. The zero-order valence-electron chi connectivity index (χ0n) is 56.5. The summed E-state index contributed by atoms with van der Waals surface area (Å²) in [5.74, 6) is -1.62. The van der Waals surface area contributed by atoms with Gasteiger partial charge in [-0.05, 0) is 109 Å². The van der Waals surface area contributed by atoms with Crippen LogP contribution in [-0.4, -0.2) is 95.9 Å². The summed E-state index contributed by atoms with van der Waals surface area (Å²) >= 11 is 0. The Morgan fingerprint density at radius 1 is 0.319 bits per heavy atom. The van der Waals surface area contributed by atoms with Gasteiger partial charge in [0.05, 0.1) is 26.4 Å². The first kappa shape index (κ1) is 87.0. The minimum Gasteiger partial charge on any atom is -0.463 e. The second-order valence-electron chi connectivity index (χ2n) is 22.9. The van der Waals surface area contributed by atoms with E-state index >= 15 is 0 Å². The minimum absolute atomic E-state index is 0.0993. The average molecular weight is 1320 g/mol. The molecule has 5 atom stereocenters. The Balaban J connectivity index is 4.67. The molecule has 0 aliphatic rings. The summed E-state index contributed by atoms with van der Waals surface area (Å²) in [6.07, 6.45) is 75.3. The van der Waals surface area contributed by atoms with Crippen LogP contribution in [-0.2, 0) is 55.8 Å². The van der Waals surface area contributed by atoms with Gasteiger partial charge in [0.1, 0.15) is 25.4 Å². The van der Waals surface area contributed by atoms with Gasteiger partial charge >= 0.3 is 33.6 Å². The van der Waals surface area contributed by atoms with Crippen LogP contribution in [0.3, 0.4) is 0 Å². The van der Waals surface area contributed by atoms with Gasteiger partial charge in [0, 0.05) is 19.3 Å². The van der Waals surface area contributed by atoms with E-state index in [-0.39, 0.29) is 19.3 Å². The maximum Gasteiger partial charge on any atom is 0.472 e. The molecule has 5 unspecified atom stereocenters. The van der Waals surface area contributed by atoms with Crippen LogP contribution in [0.2, 0.25) is 0 Å². The third kappa shape index (κ3) is 67.2. The number of carbonyl (C=O) groups is 3. The molecule has 0 rings (SSSR count). The van der Waals surface area contributed by atoms with Crippen molar-refractivity contribution in [1.82, 2.24) is 0 Å². The molecule has 0 saturated carbocycles. The monoisotopic (exact) mass is 1320 g/mol. The number of carbonyl (C=O) groups excluding carboxylic acids is 3. The summed E-state index contributed by atoms with van der Waals surface area (Å²) < 4.78 is 60.9. The summed E-state index contributed by atoms with van der Waals surface area (Å²) in [5.41, 5.74) is 0. The number of hydrogen-bond acceptors (Lipinski definition) is 14. The maximum atomic E-state index is 12.9. The van der Waals surface area contributed by atoms with Crippen LogP contribution in [0.15, 0.2) is 122 Å². The number of esters is 3. The van der Waals surface area contributed by atoms with E-state index in [1.165, 1.54) is 64.2 Å². The Bertz CT molecular complexity index is 2140. The summed E-state index contributed by atoms with van der Waals surface area (Å²) in [7, 11) is -9.79. The molecule has 4 N–H and O–H groups in total. The number of aliphatic hydroxyl groups is 2. The van der Waals surface area contributed by atoms with E-state index in [4.69, 9.17) is 32.3 Å². The van der Waals surface area contributed by atoms with Crippen molar-refractivity contribution in [3.05, 3.63) is 122 Å². The Hall–Kier alpha value is -4.05. The highest BCUT2D eigenvalue weighted by atomic mass is 31.2. The highest BCUT2D eigenvalue weighted by molar-refractivity contribution is 7.47. The first-order valence-corrected chi connectivity index (χ1v) is 37.8. The molecule has 0 bridgehead atoms. The zero-order chi connectivity index (χ0) is 66.7. The molecule has 0 heterocycles. The van der Waals surface area contributed by atoms with Gasteiger partial charge in [0.25, 0.3) is 0 Å². The second kappa shape index (κ2) is 66.0. The Kier molecular flexibility index (Phi) is 63.1. The number of phosphoric ester groups is 2. The van der Waals surface area contributed by atoms with E-state index in [2.05, 4.69) is 142 Å². The number of phosphoric acid groups is 2. The van der Waals surface area contributed by atoms with E-state index in [0.29, 0.717) is 19.3 Å². The smallest absolute Gasteiger partial charge is 0.463 e. The third-order valence-electron chi connectivity index (χ3n) is 14.2. The van der Waals surface area contributed by atoms with Crippen molar-refractivity contribution in [2.24, 2.45) is 0 Å². The lowest BCUT2D eigenvalue weighted by molar-refractivity contribution is -0.161. The fraction of sp³-hybridized carbons (Fsp3) is 0.685. The van der Waals surface area contributed by atoms with Crippen molar-refractivity contribution in [1.29, 1.82) is 0 Å². The molecule has 18 heteroatoms. The molecular weight excluding hydrogens is 1190 g/mol. The van der Waals surface area contributed by atoms with Crippen LogP contribution in [0.5, 0.6) is 0 Å². The van der Waals surface area contributed by atoms with Crippen molar-refractivity contribution in [3.8, 4) is 0 Å². The molecule has 0 aliphatic heterocycles. The molecule has 0 radical (unpaired) electrons. The van der Waals surface area contributed by atoms with Gasteiger partial charge in [-0.25, -0.2) is 9.13 Å². The van der Waals surface area contributed by atoms with Crippen LogP contribution >= 0.6 is 15.6 Å². The van der Waals surface area contributed by atoms with E-state index in [0.717, 1.165) is 141 Å². The summed E-state index contributed by atoms with van der Waals surface area (Å²) in [6.45, 7) is 2.39. The standard InChI is InChI=1S/C73H124O16P2/c1-4-7-10-13-16-19-22-25-28-30-31-32-33-34-35-37-40-41-44-47-50-53-56-59-71(76)83-62-68(74)63-85-90(79,80)86-64-69(75)65-87-91(81,82)88-67-70(89-73(78)61-58-55-52-49-46-43-38-27-24-21-18-15-12-9-6-3)66-84-72(77)60-57-54-51-48-45-42-39-36-29-26-23-20-17-14-11-8-5-2/h7-8,10-11,16-17,19-20,25-26,28-29,31-32,34-35,39-42,68-70,74-75H,4-6,9,12-15,18,21-24,27,30,33,36-38,43-67H2,1-3H3,(H,79,80)(H,81,82)/b10-7-,11-8-,19-16-,20-17-,28-25-,29-26-,32-31-,35-34-,41-40-,42-39-. The third-order valence-corrected chi connectivity index (χ3v) is 16.1. The van der Waals surface area contributed by atoms with Gasteiger partial charge < -0.3 is 34.2 Å². The fourth-order valence-electron chi connectivity index (χ4n) is 8.92. The van der Waals surface area contributed by atoms with Crippen molar-refractivity contribution >= 4 is 33.6 Å². The SMILES string of the molecule is CC/C=C\C/C=C\C/C=C\C/C=C\C/C=C\C/C=C\CCCCCCC(=O)OCC(O)COP(=O)(O)OCC(O)COP(=O)(O)OCC(COC(=O)CCCCCC/C=C\C/C=C\C/C=C\C/C=C\CC)OC(=O)CCCCCCCCCCCCCCCCC. The van der Waals surface area contributed by atoms with Gasteiger partial charge in [-0.2, -0.15) is 0 Å². The predicted molar refractivity (Wildman–Crippen MR) is 371 cm³/mol. The zero-order valence-corrected chi connectivity index (χ0v) is 58.3. The second-order valence-corrected chi connectivity index (χ2v) is 25.8. The molecule has 0 aromatic heterocycles. The predicted octanol–water partition coefficient (Wildman–Crippen LogP) is 19.4. The molecular formula is C73H124O16P2. The number of rotatable bonds is 65. The quantitative estimate of drug-likeness (QED) is 0.0146. The lowest BCUT2D eigenvalue weighted by Gasteiger charge is -2.21. The van der Waals surface area contributed by atoms with E-state index in [9.17, 15) is 43.5 Å². The molecule has 16 nitrogen and oxygen atoms in total. The largest absolute Gasteiger partial charge is 0.472 e. The first-order valence-electron chi connectivity index (χ1n) is 34.8. The number of unbranched alkanes of at least 4 members (excludes halogenated alkanes) is 22. The molecule has 0 fully saturated rings. The Labute approximate surface area is 551 Å². The van der Waals surface area contributed by atoms with Crippen LogP contribution in [0.1, 0.15) is 265 Å². The highest BCUT2D eigenvalue weighted by Gasteiger charge is 2.29. The van der Waals surface area contributed by atoms with E-state index in [1.807, 2.05) is 0 Å². The molecule has 0 aromatic carbocycles. The number of allylic oxidation sites excluding steroid dienone is 20. The topological polar surface area (TPSA) is 231 Å².